The first-order valence-electron chi connectivity index (χ1n) is 4.54. The molecule has 0 aromatic carbocycles. The van der Waals surface area contributed by atoms with Gasteiger partial charge in [0.2, 0.25) is 5.91 Å². The van der Waals surface area contributed by atoms with Crippen molar-refractivity contribution in [3.63, 3.8) is 0 Å². The van der Waals surface area contributed by atoms with Gasteiger partial charge in [-0.3, -0.25) is 4.79 Å². The number of likely N-dealkylation sites (tertiary alicyclic amines) is 1. The van der Waals surface area contributed by atoms with Crippen LogP contribution in [0.5, 0.6) is 0 Å². The van der Waals surface area contributed by atoms with E-state index in [-0.39, 0.29) is 5.91 Å². The molecule has 0 bridgehead atoms. The molecule has 80 valence electrons. The Kier molecular flexibility index (Phi) is 2.69. The van der Waals surface area contributed by atoms with Gasteiger partial charge in [0.1, 0.15) is 11.6 Å². The highest BCUT2D eigenvalue weighted by molar-refractivity contribution is 5.90. The van der Waals surface area contributed by atoms with Crippen molar-refractivity contribution in [1.29, 1.82) is 0 Å². The smallest absolute Gasteiger partial charge is 0.408 e. The van der Waals surface area contributed by atoms with Crippen molar-refractivity contribution in [2.24, 2.45) is 0 Å². The normalized spacial score (nSPS) is 21.6. The van der Waals surface area contributed by atoms with Gasteiger partial charge in [-0.15, -0.1) is 0 Å². The summed E-state index contributed by atoms with van der Waals surface area (Å²) in [6, 6.07) is -0.408. The van der Waals surface area contributed by atoms with Crippen LogP contribution in [0.2, 0.25) is 0 Å². The number of ether oxygens (including phenoxy) is 1. The Bertz CT molecular complexity index is 257. The average Bonchev–Trinajstić information content (AvgIpc) is 2.00. The van der Waals surface area contributed by atoms with Gasteiger partial charge in [-0.1, -0.05) is 0 Å². The summed E-state index contributed by atoms with van der Waals surface area (Å²) < 4.78 is 5.01. The first kappa shape index (κ1) is 10.8. The molecule has 1 fully saturated rings. The molecule has 1 N–H and O–H groups in total. The van der Waals surface area contributed by atoms with Crippen LogP contribution in [0, 0.1) is 0 Å². The third-order valence-electron chi connectivity index (χ3n) is 1.82. The molecule has 0 aromatic heterocycles. The van der Waals surface area contributed by atoms with E-state index in [1.54, 1.807) is 32.7 Å². The third-order valence-corrected chi connectivity index (χ3v) is 1.82. The molecule has 0 radical (unpaired) electrons. The topological polar surface area (TPSA) is 58.6 Å². The second-order valence-electron chi connectivity index (χ2n) is 4.42. The maximum atomic E-state index is 11.2. The maximum absolute atomic E-state index is 11.2. The molecule has 14 heavy (non-hydrogen) atoms. The van der Waals surface area contributed by atoms with Crippen molar-refractivity contribution in [2.45, 2.75) is 32.4 Å². The SMILES string of the molecule is CN1CC(NC(=O)OC(C)(C)C)C1=O. The van der Waals surface area contributed by atoms with E-state index < -0.39 is 17.7 Å². The molecule has 2 amide bonds. The maximum Gasteiger partial charge on any atom is 0.408 e. The lowest BCUT2D eigenvalue weighted by Crippen LogP contribution is -2.62. The monoisotopic (exact) mass is 200 g/mol. The molecular formula is C9H16N2O3. The Hall–Kier alpha value is -1.26. The van der Waals surface area contributed by atoms with Gasteiger partial charge in [-0.2, -0.15) is 0 Å². The van der Waals surface area contributed by atoms with E-state index in [4.69, 9.17) is 4.74 Å². The van der Waals surface area contributed by atoms with E-state index in [1.165, 1.54) is 0 Å². The summed E-state index contributed by atoms with van der Waals surface area (Å²) in [5.41, 5.74) is -0.525. The molecule has 5 nitrogen and oxygen atoms in total. The van der Waals surface area contributed by atoms with Crippen molar-refractivity contribution in [2.75, 3.05) is 13.6 Å². The van der Waals surface area contributed by atoms with Crippen LogP contribution in [0.3, 0.4) is 0 Å². The zero-order valence-corrected chi connectivity index (χ0v) is 8.96. The van der Waals surface area contributed by atoms with Crippen LogP contribution in [0.15, 0.2) is 0 Å². The van der Waals surface area contributed by atoms with E-state index in [0.29, 0.717) is 6.54 Å². The van der Waals surface area contributed by atoms with Gasteiger partial charge in [0.15, 0.2) is 0 Å². The lowest BCUT2D eigenvalue weighted by atomic mass is 10.1. The van der Waals surface area contributed by atoms with Crippen molar-refractivity contribution in [1.82, 2.24) is 10.2 Å². The fourth-order valence-electron chi connectivity index (χ4n) is 1.15. The number of hydrogen-bond acceptors (Lipinski definition) is 3. The van der Waals surface area contributed by atoms with Crippen LogP contribution in [0.25, 0.3) is 0 Å². The number of rotatable bonds is 1. The number of carbonyl (C=O) groups is 2. The minimum absolute atomic E-state index is 0.0733. The summed E-state index contributed by atoms with van der Waals surface area (Å²) in [5, 5.41) is 2.50. The summed E-state index contributed by atoms with van der Waals surface area (Å²) in [6.45, 7) is 5.89. The molecule has 0 spiro atoms. The van der Waals surface area contributed by atoms with Crippen LogP contribution < -0.4 is 5.32 Å². The number of hydrogen-bond donors (Lipinski definition) is 1. The second kappa shape index (κ2) is 3.48. The Morgan fingerprint density at radius 2 is 2.14 bits per heavy atom. The first-order chi connectivity index (χ1) is 6.29. The fourth-order valence-corrected chi connectivity index (χ4v) is 1.15. The largest absolute Gasteiger partial charge is 0.444 e. The van der Waals surface area contributed by atoms with Gasteiger partial charge in [-0.25, -0.2) is 4.79 Å². The molecule has 1 rings (SSSR count). The number of β-lactam (4-membered cyclic amide) rings is 1. The number of amides is 2. The Morgan fingerprint density at radius 3 is 2.50 bits per heavy atom. The highest BCUT2D eigenvalue weighted by Crippen LogP contribution is 2.10. The summed E-state index contributed by atoms with van der Waals surface area (Å²) >= 11 is 0. The summed E-state index contributed by atoms with van der Waals surface area (Å²) in [5.74, 6) is -0.0733. The van der Waals surface area contributed by atoms with Crippen LogP contribution >= 0.6 is 0 Å². The van der Waals surface area contributed by atoms with E-state index in [2.05, 4.69) is 5.32 Å². The van der Waals surface area contributed by atoms with E-state index >= 15 is 0 Å². The van der Waals surface area contributed by atoms with Crippen LogP contribution in [0.1, 0.15) is 20.8 Å². The molecule has 0 aliphatic carbocycles. The molecule has 1 atom stereocenters. The lowest BCUT2D eigenvalue weighted by Gasteiger charge is -2.35. The Morgan fingerprint density at radius 1 is 1.57 bits per heavy atom. The first-order valence-corrected chi connectivity index (χ1v) is 4.54. The molecule has 1 saturated heterocycles. The zero-order valence-electron chi connectivity index (χ0n) is 8.96. The molecule has 0 aromatic rings. The lowest BCUT2D eigenvalue weighted by molar-refractivity contribution is -0.141. The van der Waals surface area contributed by atoms with Gasteiger partial charge in [0.25, 0.3) is 0 Å². The van der Waals surface area contributed by atoms with Gasteiger partial charge < -0.3 is 15.0 Å². The van der Waals surface area contributed by atoms with Crippen molar-refractivity contribution >= 4 is 12.0 Å². The number of nitrogens with zero attached hydrogens (tertiary/aromatic N) is 1. The van der Waals surface area contributed by atoms with Gasteiger partial charge >= 0.3 is 6.09 Å². The molecule has 1 heterocycles. The Labute approximate surface area is 83.4 Å². The molecular weight excluding hydrogens is 184 g/mol. The minimum atomic E-state index is -0.538. The number of nitrogens with one attached hydrogen (secondary N) is 1. The average molecular weight is 200 g/mol. The van der Waals surface area contributed by atoms with E-state index in [1.807, 2.05) is 0 Å². The van der Waals surface area contributed by atoms with Gasteiger partial charge in [0, 0.05) is 13.6 Å². The molecule has 1 aliphatic heterocycles. The van der Waals surface area contributed by atoms with Crippen LogP contribution in [-0.4, -0.2) is 42.1 Å². The predicted molar refractivity (Wildman–Crippen MR) is 50.8 cm³/mol. The fraction of sp³-hybridized carbons (Fsp3) is 0.778. The third kappa shape index (κ3) is 2.61. The van der Waals surface area contributed by atoms with E-state index in [9.17, 15) is 9.59 Å². The highest BCUT2D eigenvalue weighted by atomic mass is 16.6. The molecule has 0 saturated carbocycles. The molecule has 1 unspecified atom stereocenters. The predicted octanol–water partition coefficient (Wildman–Crippen LogP) is 0.352. The van der Waals surface area contributed by atoms with Crippen molar-refractivity contribution < 1.29 is 14.3 Å². The zero-order chi connectivity index (χ0) is 10.9. The number of alkyl carbamates (subject to hydrolysis) is 1. The van der Waals surface area contributed by atoms with Crippen LogP contribution in [-0.2, 0) is 9.53 Å². The standard InChI is InChI=1S/C9H16N2O3/c1-9(2,3)14-8(13)10-6-5-11(4)7(6)12/h6H,5H2,1-4H3,(H,10,13). The van der Waals surface area contributed by atoms with E-state index in [0.717, 1.165) is 0 Å². The summed E-state index contributed by atoms with van der Waals surface area (Å²) in [4.78, 5) is 23.9. The quantitative estimate of drug-likeness (QED) is 0.621. The highest BCUT2D eigenvalue weighted by Gasteiger charge is 2.35. The second-order valence-corrected chi connectivity index (χ2v) is 4.42. The van der Waals surface area contributed by atoms with Crippen molar-refractivity contribution in [3.05, 3.63) is 0 Å². The number of carbonyl (C=O) groups excluding carboxylic acids is 2. The van der Waals surface area contributed by atoms with Crippen molar-refractivity contribution in [3.8, 4) is 0 Å². The molecule has 5 heteroatoms. The van der Waals surface area contributed by atoms with Gasteiger partial charge in [0.05, 0.1) is 0 Å². The minimum Gasteiger partial charge on any atom is -0.444 e. The Balaban J connectivity index is 2.32. The van der Waals surface area contributed by atoms with Crippen LogP contribution in [0.4, 0.5) is 4.79 Å². The summed E-state index contributed by atoms with van der Waals surface area (Å²) in [7, 11) is 1.69. The number of likely N-dealkylation sites (N-methyl/N-ethyl adjacent to an activating group) is 1. The summed E-state index contributed by atoms with van der Waals surface area (Å²) in [6.07, 6.45) is -0.538. The molecule has 1 aliphatic rings. The van der Waals surface area contributed by atoms with Gasteiger partial charge in [-0.05, 0) is 20.8 Å².